The van der Waals surface area contributed by atoms with Gasteiger partial charge in [-0.1, -0.05) is 12.8 Å². The summed E-state index contributed by atoms with van der Waals surface area (Å²) in [4.78, 5) is 3.21. The Balaban J connectivity index is 2.17. The summed E-state index contributed by atoms with van der Waals surface area (Å²) >= 11 is 10.6. The van der Waals surface area contributed by atoms with Gasteiger partial charge in [0.25, 0.3) is 0 Å². The van der Waals surface area contributed by atoms with Gasteiger partial charge in [0.15, 0.2) is 4.77 Å². The molecule has 2 aromatic rings. The van der Waals surface area contributed by atoms with E-state index < -0.39 is 0 Å². The number of aromatic nitrogens is 2. The number of imidazole rings is 1. The van der Waals surface area contributed by atoms with Gasteiger partial charge in [0, 0.05) is 17.4 Å². The number of benzene rings is 1. The van der Waals surface area contributed by atoms with Crippen LogP contribution in [-0.4, -0.2) is 21.1 Å². The fourth-order valence-corrected chi connectivity index (χ4v) is 4.76. The number of aromatic amines is 1. The molecule has 0 radical (unpaired) electrons. The van der Waals surface area contributed by atoms with Gasteiger partial charge in [0.1, 0.15) is 5.82 Å². The van der Waals surface area contributed by atoms with Crippen molar-refractivity contribution < 1.29 is 4.39 Å². The fraction of sp³-hybridized carbons (Fsp3) is 0.500. The molecule has 0 aliphatic heterocycles. The normalized spacial score (nSPS) is 23.4. The van der Waals surface area contributed by atoms with Gasteiger partial charge >= 0.3 is 0 Å². The molecule has 3 rings (SSSR count). The lowest BCUT2D eigenvalue weighted by Crippen LogP contribution is -2.25. The third-order valence-corrected chi connectivity index (χ3v) is 6.12. The standard InChI is InChI=1S/C14H16BrFN2S2/c1-20-13-5-3-2-4-11(13)18-12-7-9(16)8(15)6-10(12)17-14(18)19/h6-7,11,13H,2-5H2,1H3,(H,17,19). The number of rotatable bonds is 2. The van der Waals surface area contributed by atoms with Crippen LogP contribution in [0.15, 0.2) is 16.6 Å². The average molecular weight is 375 g/mol. The Hall–Kier alpha value is -0.330. The van der Waals surface area contributed by atoms with E-state index in [1.54, 1.807) is 12.1 Å². The number of hydrogen-bond acceptors (Lipinski definition) is 2. The van der Waals surface area contributed by atoms with E-state index in [-0.39, 0.29) is 5.82 Å². The van der Waals surface area contributed by atoms with Gasteiger partial charge in [-0.3, -0.25) is 0 Å². The van der Waals surface area contributed by atoms with Crippen LogP contribution in [0.4, 0.5) is 4.39 Å². The van der Waals surface area contributed by atoms with Gasteiger partial charge in [-0.2, -0.15) is 11.8 Å². The first-order valence-electron chi connectivity index (χ1n) is 6.74. The van der Waals surface area contributed by atoms with Crippen molar-refractivity contribution in [2.75, 3.05) is 6.26 Å². The van der Waals surface area contributed by atoms with E-state index in [9.17, 15) is 4.39 Å². The van der Waals surface area contributed by atoms with E-state index in [1.807, 2.05) is 11.8 Å². The van der Waals surface area contributed by atoms with Crippen LogP contribution in [0.3, 0.4) is 0 Å². The average Bonchev–Trinajstić information content (AvgIpc) is 2.74. The third kappa shape index (κ3) is 2.46. The van der Waals surface area contributed by atoms with Gasteiger partial charge < -0.3 is 9.55 Å². The lowest BCUT2D eigenvalue weighted by molar-refractivity contribution is 0.368. The molecule has 0 saturated heterocycles. The molecule has 1 N–H and O–H groups in total. The Bertz CT molecular complexity index is 694. The van der Waals surface area contributed by atoms with E-state index >= 15 is 0 Å². The summed E-state index contributed by atoms with van der Waals surface area (Å²) in [5.41, 5.74) is 1.77. The Morgan fingerprint density at radius 1 is 1.40 bits per heavy atom. The molecule has 20 heavy (non-hydrogen) atoms. The summed E-state index contributed by atoms with van der Waals surface area (Å²) in [7, 11) is 0. The van der Waals surface area contributed by atoms with Gasteiger partial charge in [-0.15, -0.1) is 0 Å². The van der Waals surface area contributed by atoms with Crippen LogP contribution >= 0.6 is 39.9 Å². The minimum Gasteiger partial charge on any atom is -0.331 e. The second-order valence-corrected chi connectivity index (χ2v) is 7.53. The molecule has 108 valence electrons. The quantitative estimate of drug-likeness (QED) is 0.705. The van der Waals surface area contributed by atoms with Crippen molar-refractivity contribution in [3.05, 3.63) is 27.2 Å². The van der Waals surface area contributed by atoms with Crippen molar-refractivity contribution in [3.8, 4) is 0 Å². The highest BCUT2D eigenvalue weighted by Crippen LogP contribution is 2.38. The van der Waals surface area contributed by atoms with Crippen LogP contribution in [0.2, 0.25) is 0 Å². The zero-order valence-electron chi connectivity index (χ0n) is 11.2. The van der Waals surface area contributed by atoms with E-state index in [2.05, 4.69) is 31.7 Å². The third-order valence-electron chi connectivity index (χ3n) is 4.06. The molecular weight excluding hydrogens is 359 g/mol. The maximum Gasteiger partial charge on any atom is 0.178 e. The number of halogens is 2. The molecular formula is C14H16BrFN2S2. The van der Waals surface area contributed by atoms with Gasteiger partial charge in [0.2, 0.25) is 0 Å². The summed E-state index contributed by atoms with van der Waals surface area (Å²) in [5.74, 6) is -0.239. The highest BCUT2D eigenvalue weighted by atomic mass is 79.9. The minimum absolute atomic E-state index is 0.239. The molecule has 0 bridgehead atoms. The Kier molecular flexibility index (Phi) is 4.24. The molecule has 1 aromatic heterocycles. The number of nitrogens with zero attached hydrogens (tertiary/aromatic N) is 1. The smallest absolute Gasteiger partial charge is 0.178 e. The maximum absolute atomic E-state index is 13.9. The fourth-order valence-electron chi connectivity index (χ4n) is 3.10. The largest absolute Gasteiger partial charge is 0.331 e. The van der Waals surface area contributed by atoms with Crippen molar-refractivity contribution in [2.45, 2.75) is 37.0 Å². The van der Waals surface area contributed by atoms with Gasteiger partial charge in [-0.25, -0.2) is 4.39 Å². The molecule has 2 nitrogen and oxygen atoms in total. The number of nitrogens with one attached hydrogen (secondary N) is 1. The van der Waals surface area contributed by atoms with Crippen molar-refractivity contribution >= 4 is 50.9 Å². The van der Waals surface area contributed by atoms with Crippen molar-refractivity contribution in [1.29, 1.82) is 0 Å². The van der Waals surface area contributed by atoms with Crippen LogP contribution in [0, 0.1) is 10.6 Å². The highest BCUT2D eigenvalue weighted by Gasteiger charge is 2.27. The predicted octanol–water partition coefficient (Wildman–Crippen LogP) is 5.45. The number of H-pyrrole nitrogens is 1. The molecule has 0 amide bonds. The lowest BCUT2D eigenvalue weighted by atomic mass is 9.94. The van der Waals surface area contributed by atoms with Gasteiger partial charge in [-0.05, 0) is 53.3 Å². The second kappa shape index (κ2) is 5.81. The monoisotopic (exact) mass is 374 g/mol. The van der Waals surface area contributed by atoms with Crippen LogP contribution in [-0.2, 0) is 0 Å². The van der Waals surface area contributed by atoms with Crippen LogP contribution in [0.5, 0.6) is 0 Å². The number of hydrogen-bond donors (Lipinski definition) is 1. The minimum atomic E-state index is -0.239. The second-order valence-electron chi connectivity index (χ2n) is 5.21. The van der Waals surface area contributed by atoms with E-state index in [4.69, 9.17) is 12.2 Å². The summed E-state index contributed by atoms with van der Waals surface area (Å²) in [6.07, 6.45) is 6.97. The van der Waals surface area contributed by atoms with Gasteiger partial charge in [0.05, 0.1) is 15.5 Å². The topological polar surface area (TPSA) is 20.7 Å². The summed E-state index contributed by atoms with van der Waals surface area (Å²) in [5, 5.41) is 0.557. The number of thioether (sulfide) groups is 1. The zero-order valence-corrected chi connectivity index (χ0v) is 14.4. The molecule has 2 atom stereocenters. The Morgan fingerprint density at radius 2 is 2.15 bits per heavy atom. The first-order chi connectivity index (χ1) is 9.61. The first kappa shape index (κ1) is 14.6. The molecule has 2 unspecified atom stereocenters. The highest BCUT2D eigenvalue weighted by molar-refractivity contribution is 9.10. The van der Waals surface area contributed by atoms with Crippen molar-refractivity contribution in [3.63, 3.8) is 0 Å². The van der Waals surface area contributed by atoms with Crippen LogP contribution in [0.1, 0.15) is 31.7 Å². The SMILES string of the molecule is CSC1CCCCC1n1c(=S)[nH]c2cc(Br)c(F)cc21. The van der Waals surface area contributed by atoms with E-state index in [0.717, 1.165) is 17.5 Å². The molecule has 1 aromatic carbocycles. The van der Waals surface area contributed by atoms with E-state index in [0.29, 0.717) is 20.5 Å². The van der Waals surface area contributed by atoms with Crippen molar-refractivity contribution in [2.24, 2.45) is 0 Å². The molecule has 1 saturated carbocycles. The summed E-state index contributed by atoms with van der Waals surface area (Å²) < 4.78 is 17.2. The van der Waals surface area contributed by atoms with Crippen LogP contribution < -0.4 is 0 Å². The lowest BCUT2D eigenvalue weighted by Gasteiger charge is -2.31. The maximum atomic E-state index is 13.9. The zero-order chi connectivity index (χ0) is 14.3. The summed E-state index contributed by atoms with van der Waals surface area (Å²) in [6.45, 7) is 0. The molecule has 6 heteroatoms. The molecule has 0 spiro atoms. The summed E-state index contributed by atoms with van der Waals surface area (Å²) in [6, 6.07) is 3.71. The van der Waals surface area contributed by atoms with E-state index in [1.165, 1.54) is 19.3 Å². The van der Waals surface area contributed by atoms with Crippen molar-refractivity contribution in [1.82, 2.24) is 9.55 Å². The van der Waals surface area contributed by atoms with Crippen LogP contribution in [0.25, 0.3) is 11.0 Å². The predicted molar refractivity (Wildman–Crippen MR) is 89.6 cm³/mol. The number of fused-ring (bicyclic) bond motifs is 1. The molecule has 1 aliphatic carbocycles. The molecule has 1 fully saturated rings. The molecule has 1 aliphatic rings. The molecule has 1 heterocycles. The Morgan fingerprint density at radius 3 is 2.90 bits per heavy atom. The first-order valence-corrected chi connectivity index (χ1v) is 9.23. The Labute approximate surface area is 135 Å².